The predicted molar refractivity (Wildman–Crippen MR) is 153 cm³/mol. The molecule has 0 aliphatic carbocycles. The largest absolute Gasteiger partial charge is 0.670 e. The van der Waals surface area contributed by atoms with E-state index in [-0.39, 0.29) is 5.41 Å². The average Bonchev–Trinajstić information content (AvgIpc) is 3.64. The molecule has 188 valence electrons. The number of aromatic nitrogens is 2. The zero-order valence-electron chi connectivity index (χ0n) is 22.3. The molecule has 0 bridgehead atoms. The van der Waals surface area contributed by atoms with Crippen LogP contribution in [0.25, 0.3) is 11.1 Å². The summed E-state index contributed by atoms with van der Waals surface area (Å²) in [6, 6.07) is 31.4. The number of nitrogens with zero attached hydrogens (tertiary/aromatic N) is 3. The summed E-state index contributed by atoms with van der Waals surface area (Å²) in [7, 11) is 0. The smallest absolute Gasteiger partial charge is 0.0860 e. The molecule has 0 radical (unpaired) electrons. The maximum absolute atomic E-state index is 5.07. The summed E-state index contributed by atoms with van der Waals surface area (Å²) in [6.45, 7) is 11.1. The Morgan fingerprint density at radius 2 is 1.19 bits per heavy atom. The van der Waals surface area contributed by atoms with Crippen molar-refractivity contribution < 1.29 is 17.9 Å². The normalized spacial score (nSPS) is 10.2. The molecule has 0 saturated carbocycles. The van der Waals surface area contributed by atoms with Gasteiger partial charge in [-0.15, -0.1) is 0 Å². The minimum Gasteiger partial charge on any atom is -0.670 e. The topological polar surface area (TPSA) is 40.6 Å². The van der Waals surface area contributed by atoms with Crippen molar-refractivity contribution in [1.82, 2.24) is 9.97 Å². The van der Waals surface area contributed by atoms with Crippen LogP contribution in [-0.2, 0) is 23.3 Å². The molecule has 0 unspecified atom stereocenters. The molecular weight excluding hydrogens is 534 g/mol. The number of hydrogen-bond donors (Lipinski definition) is 0. The van der Waals surface area contributed by atoms with Gasteiger partial charge >= 0.3 is 172 Å². The Bertz CT molecular complexity index is 1310. The van der Waals surface area contributed by atoms with Gasteiger partial charge in [-0.3, -0.25) is 0 Å². The summed E-state index contributed by atoms with van der Waals surface area (Å²) in [6.07, 6.45) is 7.00. The molecule has 5 aromatic rings. The van der Waals surface area contributed by atoms with Crippen LogP contribution < -0.4 is 9.97 Å². The van der Waals surface area contributed by atoms with Gasteiger partial charge in [0, 0.05) is 0 Å². The first-order valence-electron chi connectivity index (χ1n) is 12.4. The molecule has 3 aromatic carbocycles. The van der Waals surface area contributed by atoms with E-state index >= 15 is 0 Å². The van der Waals surface area contributed by atoms with Gasteiger partial charge in [-0.25, -0.2) is 0 Å². The Labute approximate surface area is 229 Å². The van der Waals surface area contributed by atoms with Crippen molar-refractivity contribution in [2.24, 2.45) is 3.50 Å². The van der Waals surface area contributed by atoms with E-state index in [9.17, 15) is 0 Å². The molecule has 0 aliphatic rings. The molecule has 4 heteroatoms. The Morgan fingerprint density at radius 3 is 1.70 bits per heavy atom. The van der Waals surface area contributed by atoms with Gasteiger partial charge < -0.3 is 9.97 Å². The minimum atomic E-state index is -0.605. The van der Waals surface area contributed by atoms with Gasteiger partial charge in [0.05, 0.1) is 0 Å². The molecule has 0 aliphatic heterocycles. The van der Waals surface area contributed by atoms with Crippen molar-refractivity contribution in [3.05, 3.63) is 138 Å². The van der Waals surface area contributed by atoms with E-state index in [2.05, 4.69) is 116 Å². The van der Waals surface area contributed by atoms with Crippen LogP contribution in [0.4, 0.5) is 5.69 Å². The van der Waals surface area contributed by atoms with Crippen LogP contribution in [0.2, 0.25) is 0 Å². The van der Waals surface area contributed by atoms with E-state index in [1.807, 2.05) is 24.3 Å². The van der Waals surface area contributed by atoms with Crippen LogP contribution in [0.15, 0.2) is 119 Å². The number of aryl methyl sites for hydroxylation is 3. The van der Waals surface area contributed by atoms with Gasteiger partial charge in [-0.05, 0) is 0 Å². The molecule has 2 aromatic heterocycles. The summed E-state index contributed by atoms with van der Waals surface area (Å²) in [5, 5.41) is 0. The van der Waals surface area contributed by atoms with Gasteiger partial charge in [-0.1, -0.05) is 24.3 Å². The zero-order chi connectivity index (χ0) is 26.5. The minimum absolute atomic E-state index is 0.0532. The van der Waals surface area contributed by atoms with Crippen LogP contribution in [-0.4, -0.2) is 4.40 Å². The summed E-state index contributed by atoms with van der Waals surface area (Å²) in [4.78, 5) is 7.44. The standard InChI is InChI=1S/C15H15N.C10H12.2C4H4N.Mo/c1-10-8-11(2)15(12(3)9-10)13-6-4-5-7-14(13)16;1-10(2,3)9-7-5-4-6-8-9;2*1-2-4-5-3-1;/h4-9H,1-3H3;1,4-8H,2-3H3;2*1-4H;/q;;2*-1;+2. The second kappa shape index (κ2) is 14.4. The molecule has 2 heterocycles. The Balaban J connectivity index is 0.000000313. The van der Waals surface area contributed by atoms with Crippen molar-refractivity contribution >= 4 is 10.1 Å². The molecule has 0 saturated heterocycles. The molecule has 5 rings (SSSR count). The molecule has 0 N–H and O–H groups in total. The number of benzene rings is 3. The van der Waals surface area contributed by atoms with Crippen LogP contribution >= 0.6 is 0 Å². The molecule has 0 spiro atoms. The third-order valence-electron chi connectivity index (χ3n) is 5.78. The van der Waals surface area contributed by atoms with Gasteiger partial charge in [0.25, 0.3) is 0 Å². The Morgan fingerprint density at radius 1 is 0.676 bits per heavy atom. The average molecular weight is 570 g/mol. The predicted octanol–water partition coefficient (Wildman–Crippen LogP) is 8.24. The summed E-state index contributed by atoms with van der Waals surface area (Å²) in [5.41, 5.74) is 9.07. The van der Waals surface area contributed by atoms with Gasteiger partial charge in [0.1, 0.15) is 0 Å². The van der Waals surface area contributed by atoms with E-state index in [1.54, 1.807) is 24.8 Å². The van der Waals surface area contributed by atoms with Crippen LogP contribution in [0.5, 0.6) is 0 Å². The van der Waals surface area contributed by atoms with E-state index in [1.165, 1.54) is 33.4 Å². The fourth-order valence-electron chi connectivity index (χ4n) is 4.02. The van der Waals surface area contributed by atoms with Crippen LogP contribution in [0, 0.1) is 20.8 Å². The van der Waals surface area contributed by atoms with E-state index < -0.39 is 17.9 Å². The number of hydrogen-bond acceptors (Lipinski definition) is 1. The first-order chi connectivity index (χ1) is 17.9. The van der Waals surface area contributed by atoms with E-state index in [0.717, 1.165) is 5.69 Å². The third kappa shape index (κ3) is 8.88. The molecule has 37 heavy (non-hydrogen) atoms. The van der Waals surface area contributed by atoms with Crippen molar-refractivity contribution in [1.29, 1.82) is 0 Å². The molecule has 0 fully saturated rings. The summed E-state index contributed by atoms with van der Waals surface area (Å²) in [5.74, 6) is 0. The van der Waals surface area contributed by atoms with Gasteiger partial charge in [0.15, 0.2) is 0 Å². The maximum atomic E-state index is 5.07. The summed E-state index contributed by atoms with van der Waals surface area (Å²) < 4.78 is 7.50. The number of rotatable bonds is 4. The van der Waals surface area contributed by atoms with E-state index in [4.69, 9.17) is 3.50 Å². The van der Waals surface area contributed by atoms with Crippen LogP contribution in [0.1, 0.15) is 36.1 Å². The quantitative estimate of drug-likeness (QED) is 0.205. The first kappa shape index (κ1) is 28.2. The van der Waals surface area contributed by atoms with Gasteiger partial charge in [0.2, 0.25) is 0 Å². The zero-order valence-corrected chi connectivity index (χ0v) is 24.3. The second-order valence-corrected chi connectivity index (χ2v) is 10.9. The van der Waals surface area contributed by atoms with Gasteiger partial charge in [-0.2, -0.15) is 24.8 Å². The van der Waals surface area contributed by atoms with Crippen molar-refractivity contribution in [3.63, 3.8) is 0 Å². The molecular formula is C33H35MoN3. The maximum Gasteiger partial charge on any atom is -0.0860 e. The third-order valence-corrected chi connectivity index (χ3v) is 8.23. The second-order valence-electron chi connectivity index (χ2n) is 9.36. The monoisotopic (exact) mass is 571 g/mol. The van der Waals surface area contributed by atoms with Crippen molar-refractivity contribution in [2.75, 3.05) is 0 Å². The van der Waals surface area contributed by atoms with Crippen molar-refractivity contribution in [3.8, 4) is 11.1 Å². The van der Waals surface area contributed by atoms with E-state index in [0.29, 0.717) is 0 Å². The molecule has 3 nitrogen and oxygen atoms in total. The van der Waals surface area contributed by atoms with Crippen LogP contribution in [0.3, 0.4) is 0 Å². The van der Waals surface area contributed by atoms with Crippen molar-refractivity contribution in [2.45, 2.75) is 40.0 Å². The SMILES string of the molecule is Cc1cc(C)c(-c2ccccc2[N]=[Mo+2]=[CH]C(C)(C)c2ccccc2)c(C)c1.c1cc[n-]c1.c1cc[n-]c1. The molecule has 0 atom stereocenters. The molecule has 0 amide bonds. The Kier molecular flexibility index (Phi) is 10.9. The fourth-order valence-corrected chi connectivity index (χ4v) is 5.80. The Hall–Kier alpha value is -3.42. The first-order valence-corrected chi connectivity index (χ1v) is 14.4. The fraction of sp³-hybridized carbons (Fsp3) is 0.182. The summed E-state index contributed by atoms with van der Waals surface area (Å²) >= 11 is -0.605.